The van der Waals surface area contributed by atoms with Gasteiger partial charge in [-0.3, -0.25) is 4.79 Å². The van der Waals surface area contributed by atoms with E-state index in [4.69, 9.17) is 0 Å². The van der Waals surface area contributed by atoms with Gasteiger partial charge in [-0.25, -0.2) is 9.97 Å². The molecule has 0 bridgehead atoms. The summed E-state index contributed by atoms with van der Waals surface area (Å²) >= 11 is 0. The van der Waals surface area contributed by atoms with Gasteiger partial charge in [0, 0.05) is 37.4 Å². The molecule has 0 atom stereocenters. The lowest BCUT2D eigenvalue weighted by atomic mass is 10.1. The molecule has 4 rings (SSSR count). The van der Waals surface area contributed by atoms with Crippen molar-refractivity contribution in [2.24, 2.45) is 0 Å². The average Bonchev–Trinajstić information content (AvgIpc) is 3.09. The number of nitrogens with zero attached hydrogens (tertiary/aromatic N) is 6. The number of amides is 1. The van der Waals surface area contributed by atoms with Crippen molar-refractivity contribution >= 4 is 11.7 Å². The highest BCUT2D eigenvalue weighted by atomic mass is 16.2. The Balaban J connectivity index is 1.48. The van der Waals surface area contributed by atoms with E-state index in [2.05, 4.69) is 25.1 Å². The van der Waals surface area contributed by atoms with Crippen LogP contribution in [-0.2, 0) is 12.8 Å². The first-order chi connectivity index (χ1) is 12.1. The van der Waals surface area contributed by atoms with Crippen molar-refractivity contribution in [3.63, 3.8) is 0 Å². The van der Waals surface area contributed by atoms with E-state index < -0.39 is 0 Å². The Labute approximate surface area is 147 Å². The lowest BCUT2D eigenvalue weighted by molar-refractivity contribution is 0.0739. The fraction of sp³-hybridized carbons (Fsp3) is 0.500. The minimum atomic E-state index is 0.0401. The maximum Gasteiger partial charge on any atom is 0.273 e. The average molecular weight is 338 g/mol. The summed E-state index contributed by atoms with van der Waals surface area (Å²) in [5.41, 5.74) is 3.64. The molecule has 1 fully saturated rings. The molecule has 3 heterocycles. The molecule has 1 aliphatic carbocycles. The summed E-state index contributed by atoms with van der Waals surface area (Å²) < 4.78 is 0. The smallest absolute Gasteiger partial charge is 0.273 e. The molecular formula is C18H22N6O. The molecule has 7 heteroatoms. The first kappa shape index (κ1) is 15.9. The second-order valence-corrected chi connectivity index (χ2v) is 6.71. The summed E-state index contributed by atoms with van der Waals surface area (Å²) in [6.45, 7) is 6.66. The van der Waals surface area contributed by atoms with Gasteiger partial charge in [0.25, 0.3) is 5.91 Å². The number of hydrogen-bond donors (Lipinski definition) is 0. The van der Waals surface area contributed by atoms with Gasteiger partial charge in [0.1, 0.15) is 11.5 Å². The Bertz CT molecular complexity index is 796. The molecule has 1 aliphatic heterocycles. The predicted octanol–water partition coefficient (Wildman–Crippen LogP) is 1.33. The number of carbonyl (C=O) groups is 1. The zero-order valence-electron chi connectivity index (χ0n) is 14.7. The van der Waals surface area contributed by atoms with Gasteiger partial charge in [-0.1, -0.05) is 0 Å². The van der Waals surface area contributed by atoms with Crippen molar-refractivity contribution in [2.75, 3.05) is 31.1 Å². The van der Waals surface area contributed by atoms with Crippen LogP contribution in [0.1, 0.15) is 39.7 Å². The predicted molar refractivity (Wildman–Crippen MR) is 93.7 cm³/mol. The maximum absolute atomic E-state index is 13.0. The molecule has 1 saturated heterocycles. The van der Waals surface area contributed by atoms with Gasteiger partial charge >= 0.3 is 0 Å². The molecule has 2 aromatic rings. The Kier molecular flexibility index (Phi) is 4.07. The fourth-order valence-electron chi connectivity index (χ4n) is 3.58. The molecule has 0 aromatic carbocycles. The van der Waals surface area contributed by atoms with E-state index in [1.807, 2.05) is 30.9 Å². The van der Waals surface area contributed by atoms with Gasteiger partial charge < -0.3 is 9.80 Å². The molecule has 0 N–H and O–H groups in total. The number of carbonyl (C=O) groups excluding carboxylic acids is 1. The molecule has 0 saturated carbocycles. The summed E-state index contributed by atoms with van der Waals surface area (Å²) in [5.74, 6) is 1.60. The maximum atomic E-state index is 13.0. The van der Waals surface area contributed by atoms with Crippen molar-refractivity contribution in [3.05, 3.63) is 40.6 Å². The van der Waals surface area contributed by atoms with E-state index in [-0.39, 0.29) is 5.91 Å². The molecule has 0 spiro atoms. The van der Waals surface area contributed by atoms with Crippen LogP contribution >= 0.6 is 0 Å². The van der Waals surface area contributed by atoms with Crippen LogP contribution < -0.4 is 4.90 Å². The summed E-state index contributed by atoms with van der Waals surface area (Å²) in [6, 6.07) is 3.95. The van der Waals surface area contributed by atoms with Crippen LogP contribution in [0.3, 0.4) is 0 Å². The Hall–Kier alpha value is -2.57. The molecule has 0 radical (unpaired) electrons. The number of rotatable bonds is 2. The number of anilines is 1. The third-order valence-electron chi connectivity index (χ3n) is 4.92. The van der Waals surface area contributed by atoms with E-state index in [1.54, 1.807) is 0 Å². The lowest BCUT2D eigenvalue weighted by Gasteiger charge is -2.35. The number of aromatic nitrogens is 4. The SMILES string of the molecule is Cc1ccc(N2CCN(C(=O)c3nc(C)nc4c3CCC4)CC2)nn1. The summed E-state index contributed by atoms with van der Waals surface area (Å²) in [7, 11) is 0. The van der Waals surface area contributed by atoms with Gasteiger partial charge in [0.15, 0.2) is 5.82 Å². The van der Waals surface area contributed by atoms with Crippen LogP contribution in [0.4, 0.5) is 5.82 Å². The highest BCUT2D eigenvalue weighted by Gasteiger charge is 2.28. The molecule has 0 unspecified atom stereocenters. The second kappa shape index (κ2) is 6.38. The molecule has 2 aromatic heterocycles. The van der Waals surface area contributed by atoms with Crippen molar-refractivity contribution in [2.45, 2.75) is 33.1 Å². The highest BCUT2D eigenvalue weighted by Crippen LogP contribution is 2.24. The number of hydrogen-bond acceptors (Lipinski definition) is 6. The second-order valence-electron chi connectivity index (χ2n) is 6.71. The van der Waals surface area contributed by atoms with Gasteiger partial charge in [-0.15, -0.1) is 5.10 Å². The van der Waals surface area contributed by atoms with Gasteiger partial charge in [-0.2, -0.15) is 5.10 Å². The lowest BCUT2D eigenvalue weighted by Crippen LogP contribution is -2.49. The standard InChI is InChI=1S/C18H22N6O/c1-12-6-7-16(22-21-12)23-8-10-24(11-9-23)18(25)17-14-4-3-5-15(14)19-13(2)20-17/h6-7H,3-5,8-11H2,1-2H3. The molecule has 130 valence electrons. The fourth-order valence-corrected chi connectivity index (χ4v) is 3.58. The Morgan fingerprint density at radius 3 is 2.52 bits per heavy atom. The minimum absolute atomic E-state index is 0.0401. The Morgan fingerprint density at radius 2 is 1.80 bits per heavy atom. The first-order valence-electron chi connectivity index (χ1n) is 8.83. The Morgan fingerprint density at radius 1 is 1.00 bits per heavy atom. The first-order valence-corrected chi connectivity index (χ1v) is 8.83. The molecule has 25 heavy (non-hydrogen) atoms. The van der Waals surface area contributed by atoms with Crippen LogP contribution in [0.2, 0.25) is 0 Å². The number of fused-ring (bicyclic) bond motifs is 1. The molecule has 2 aliphatic rings. The van der Waals surface area contributed by atoms with Crippen molar-refractivity contribution in [1.29, 1.82) is 0 Å². The van der Waals surface area contributed by atoms with Gasteiger partial charge in [0.2, 0.25) is 0 Å². The van der Waals surface area contributed by atoms with E-state index in [0.717, 1.165) is 55.1 Å². The van der Waals surface area contributed by atoms with Crippen molar-refractivity contribution in [3.8, 4) is 0 Å². The van der Waals surface area contributed by atoms with Gasteiger partial charge in [-0.05, 0) is 45.2 Å². The van der Waals surface area contributed by atoms with Crippen LogP contribution in [0.25, 0.3) is 0 Å². The zero-order chi connectivity index (χ0) is 17.4. The summed E-state index contributed by atoms with van der Waals surface area (Å²) in [6.07, 6.45) is 2.93. The quantitative estimate of drug-likeness (QED) is 0.822. The third kappa shape index (κ3) is 3.06. The number of aryl methyl sites for hydroxylation is 3. The topological polar surface area (TPSA) is 75.1 Å². The largest absolute Gasteiger partial charge is 0.352 e. The highest BCUT2D eigenvalue weighted by molar-refractivity contribution is 5.94. The van der Waals surface area contributed by atoms with Crippen molar-refractivity contribution in [1.82, 2.24) is 25.1 Å². The molecular weight excluding hydrogens is 316 g/mol. The number of piperazine rings is 1. The third-order valence-corrected chi connectivity index (χ3v) is 4.92. The zero-order valence-corrected chi connectivity index (χ0v) is 14.7. The van der Waals surface area contributed by atoms with Crippen LogP contribution in [-0.4, -0.2) is 57.2 Å². The summed E-state index contributed by atoms with van der Waals surface area (Å²) in [4.78, 5) is 26.0. The normalized spacial score (nSPS) is 16.9. The monoisotopic (exact) mass is 338 g/mol. The van der Waals surface area contributed by atoms with E-state index in [9.17, 15) is 4.79 Å². The van der Waals surface area contributed by atoms with Crippen LogP contribution in [0, 0.1) is 13.8 Å². The van der Waals surface area contributed by atoms with Gasteiger partial charge in [0.05, 0.1) is 5.69 Å². The molecule has 1 amide bonds. The minimum Gasteiger partial charge on any atom is -0.352 e. The van der Waals surface area contributed by atoms with Crippen molar-refractivity contribution < 1.29 is 4.79 Å². The van der Waals surface area contributed by atoms with E-state index in [1.165, 1.54) is 0 Å². The van der Waals surface area contributed by atoms with E-state index in [0.29, 0.717) is 24.6 Å². The van der Waals surface area contributed by atoms with Crippen LogP contribution in [0.5, 0.6) is 0 Å². The summed E-state index contributed by atoms with van der Waals surface area (Å²) in [5, 5.41) is 8.36. The van der Waals surface area contributed by atoms with E-state index >= 15 is 0 Å². The van der Waals surface area contributed by atoms with Crippen LogP contribution in [0.15, 0.2) is 12.1 Å². The molecule has 7 nitrogen and oxygen atoms in total.